The maximum atomic E-state index is 11.6. The summed E-state index contributed by atoms with van der Waals surface area (Å²) in [6, 6.07) is 0. The van der Waals surface area contributed by atoms with Crippen molar-refractivity contribution in [1.29, 1.82) is 0 Å². The zero-order valence-electron chi connectivity index (χ0n) is 15.7. The fraction of sp³-hybridized carbons (Fsp3) is 0.947. The first-order valence-electron chi connectivity index (χ1n) is 10.1. The van der Waals surface area contributed by atoms with E-state index in [1.54, 1.807) is 0 Å². The van der Waals surface area contributed by atoms with Gasteiger partial charge in [0.05, 0.1) is 32.3 Å². The van der Waals surface area contributed by atoms with Crippen LogP contribution in [0, 0.1) is 0 Å². The Hall–Kier alpha value is -0.770. The molecule has 0 amide bonds. The molecule has 4 fully saturated rings. The first kappa shape index (κ1) is 19.5. The minimum absolute atomic E-state index is 0.200. The Morgan fingerprint density at radius 1 is 1.11 bits per heavy atom. The van der Waals surface area contributed by atoms with E-state index in [-0.39, 0.29) is 36.8 Å². The molecular formula is C19H30O8. The zero-order valence-corrected chi connectivity index (χ0v) is 15.7. The zero-order chi connectivity index (χ0) is 19.0. The number of rotatable bonds is 4. The number of hydrogen-bond acceptors (Lipinski definition) is 8. The quantitative estimate of drug-likeness (QED) is 0.680. The molecule has 27 heavy (non-hydrogen) atoms. The van der Waals surface area contributed by atoms with Gasteiger partial charge in [-0.3, -0.25) is 4.79 Å². The number of carbonyl (C=O) groups is 1. The summed E-state index contributed by atoms with van der Waals surface area (Å²) in [6.07, 6.45) is 3.00. The summed E-state index contributed by atoms with van der Waals surface area (Å²) in [7, 11) is 1.37. The Kier molecular flexibility index (Phi) is 5.74. The van der Waals surface area contributed by atoms with Crippen LogP contribution in [0.15, 0.2) is 0 Å². The SMILES string of the molecule is COC(=O)CC1CC[C@@H]2O[C@@H]([C@H](O)CO)[C@H]3OC4(CCCCC4)OC3[C@H]2O1. The van der Waals surface area contributed by atoms with Crippen molar-refractivity contribution >= 4 is 5.97 Å². The number of fused-ring (bicyclic) bond motifs is 3. The molecule has 3 saturated heterocycles. The van der Waals surface area contributed by atoms with Gasteiger partial charge in [0.15, 0.2) is 5.79 Å². The van der Waals surface area contributed by atoms with E-state index in [1.807, 2.05) is 0 Å². The number of methoxy groups -OCH3 is 1. The Bertz CT molecular complexity index is 534. The second kappa shape index (κ2) is 7.93. The predicted molar refractivity (Wildman–Crippen MR) is 91.8 cm³/mol. The maximum absolute atomic E-state index is 11.6. The Labute approximate surface area is 159 Å². The number of aliphatic hydroxyl groups excluding tert-OH is 2. The summed E-state index contributed by atoms with van der Waals surface area (Å²) < 4.78 is 29.8. The van der Waals surface area contributed by atoms with E-state index < -0.39 is 30.7 Å². The van der Waals surface area contributed by atoms with Crippen LogP contribution in [0.25, 0.3) is 0 Å². The van der Waals surface area contributed by atoms with Gasteiger partial charge < -0.3 is 33.9 Å². The molecule has 1 spiro atoms. The average molecular weight is 386 g/mol. The van der Waals surface area contributed by atoms with Crippen molar-refractivity contribution in [2.45, 2.75) is 99.9 Å². The molecule has 0 aromatic rings. The van der Waals surface area contributed by atoms with Crippen molar-refractivity contribution in [3.05, 3.63) is 0 Å². The van der Waals surface area contributed by atoms with Crippen molar-refractivity contribution in [3.8, 4) is 0 Å². The van der Waals surface area contributed by atoms with Gasteiger partial charge in [0, 0.05) is 12.8 Å². The number of ether oxygens (including phenoxy) is 5. The third kappa shape index (κ3) is 3.75. The Morgan fingerprint density at radius 2 is 1.85 bits per heavy atom. The van der Waals surface area contributed by atoms with Crippen LogP contribution in [0.2, 0.25) is 0 Å². The van der Waals surface area contributed by atoms with E-state index >= 15 is 0 Å². The Morgan fingerprint density at radius 3 is 2.56 bits per heavy atom. The lowest BCUT2D eigenvalue weighted by molar-refractivity contribution is -0.256. The van der Waals surface area contributed by atoms with Gasteiger partial charge in [-0.25, -0.2) is 0 Å². The van der Waals surface area contributed by atoms with Crippen LogP contribution in [0.3, 0.4) is 0 Å². The van der Waals surface area contributed by atoms with Crippen molar-refractivity contribution in [3.63, 3.8) is 0 Å². The average Bonchev–Trinajstić information content (AvgIpc) is 3.06. The molecule has 8 nitrogen and oxygen atoms in total. The minimum atomic E-state index is -1.03. The van der Waals surface area contributed by atoms with Crippen molar-refractivity contribution < 1.29 is 38.7 Å². The lowest BCUT2D eigenvalue weighted by Crippen LogP contribution is -2.62. The summed E-state index contributed by atoms with van der Waals surface area (Å²) in [4.78, 5) is 11.6. The largest absolute Gasteiger partial charge is 0.469 e. The fourth-order valence-electron chi connectivity index (χ4n) is 4.93. The molecule has 4 aliphatic rings. The van der Waals surface area contributed by atoms with Crippen LogP contribution >= 0.6 is 0 Å². The monoisotopic (exact) mass is 386 g/mol. The highest BCUT2D eigenvalue weighted by molar-refractivity contribution is 5.69. The van der Waals surface area contributed by atoms with Crippen LogP contribution in [-0.4, -0.2) is 78.4 Å². The van der Waals surface area contributed by atoms with Crippen molar-refractivity contribution in [1.82, 2.24) is 0 Å². The Balaban J connectivity index is 1.54. The number of esters is 1. The summed E-state index contributed by atoms with van der Waals surface area (Å²) in [5.74, 6) is -0.953. The summed E-state index contributed by atoms with van der Waals surface area (Å²) in [6.45, 7) is -0.395. The van der Waals surface area contributed by atoms with E-state index in [4.69, 9.17) is 23.7 Å². The topological polar surface area (TPSA) is 104 Å². The number of aliphatic hydroxyl groups is 2. The highest BCUT2D eigenvalue weighted by Gasteiger charge is 2.60. The van der Waals surface area contributed by atoms with Gasteiger partial charge in [0.25, 0.3) is 0 Å². The van der Waals surface area contributed by atoms with Gasteiger partial charge in [-0.05, 0) is 25.7 Å². The van der Waals surface area contributed by atoms with E-state index in [2.05, 4.69) is 0 Å². The van der Waals surface area contributed by atoms with E-state index in [0.717, 1.165) is 32.1 Å². The lowest BCUT2D eigenvalue weighted by Gasteiger charge is -2.47. The molecule has 154 valence electrons. The first-order chi connectivity index (χ1) is 13.0. The first-order valence-corrected chi connectivity index (χ1v) is 10.1. The van der Waals surface area contributed by atoms with Crippen LogP contribution in [0.1, 0.15) is 51.4 Å². The fourth-order valence-corrected chi connectivity index (χ4v) is 4.93. The molecular weight excluding hydrogens is 356 g/mol. The van der Waals surface area contributed by atoms with Crippen LogP contribution < -0.4 is 0 Å². The van der Waals surface area contributed by atoms with Gasteiger partial charge >= 0.3 is 5.97 Å². The molecule has 4 rings (SSSR count). The summed E-state index contributed by atoms with van der Waals surface area (Å²) in [5, 5.41) is 19.8. The highest BCUT2D eigenvalue weighted by atomic mass is 16.8. The molecule has 2 N–H and O–H groups in total. The standard InChI is InChI=1S/C19H30O8/c1-23-14(22)9-11-5-6-13-16(24-11)18-17(15(25-13)12(21)10-20)26-19(27-18)7-3-2-4-8-19/h11-13,15-18,20-21H,2-10H2,1H3/t11?,12-,13+,15+,16+,17-,18?/m1/s1. The molecule has 3 heterocycles. The van der Waals surface area contributed by atoms with Gasteiger partial charge in [0.2, 0.25) is 0 Å². The van der Waals surface area contributed by atoms with Gasteiger partial charge in [-0.1, -0.05) is 6.42 Å². The molecule has 7 atom stereocenters. The maximum Gasteiger partial charge on any atom is 0.308 e. The molecule has 2 unspecified atom stereocenters. The molecule has 0 bridgehead atoms. The second-order valence-electron chi connectivity index (χ2n) is 8.11. The molecule has 0 aromatic carbocycles. The normalized spacial score (nSPS) is 41.6. The van der Waals surface area contributed by atoms with Crippen LogP contribution in [0.5, 0.6) is 0 Å². The van der Waals surface area contributed by atoms with E-state index in [1.165, 1.54) is 7.11 Å². The lowest BCUT2D eigenvalue weighted by atomic mass is 9.87. The molecule has 1 saturated carbocycles. The van der Waals surface area contributed by atoms with Crippen LogP contribution in [-0.2, 0) is 28.5 Å². The van der Waals surface area contributed by atoms with E-state index in [9.17, 15) is 15.0 Å². The van der Waals surface area contributed by atoms with Gasteiger partial charge in [-0.2, -0.15) is 0 Å². The molecule has 3 aliphatic heterocycles. The number of hydrogen-bond donors (Lipinski definition) is 2. The summed E-state index contributed by atoms with van der Waals surface area (Å²) >= 11 is 0. The second-order valence-corrected chi connectivity index (χ2v) is 8.11. The van der Waals surface area contributed by atoms with Gasteiger partial charge in [-0.15, -0.1) is 0 Å². The van der Waals surface area contributed by atoms with Crippen LogP contribution in [0.4, 0.5) is 0 Å². The third-order valence-corrected chi connectivity index (χ3v) is 6.30. The minimum Gasteiger partial charge on any atom is -0.469 e. The molecule has 0 radical (unpaired) electrons. The highest BCUT2D eigenvalue weighted by Crippen LogP contribution is 2.47. The predicted octanol–water partition coefficient (Wildman–Crippen LogP) is 0.662. The van der Waals surface area contributed by atoms with Crippen molar-refractivity contribution in [2.75, 3.05) is 13.7 Å². The third-order valence-electron chi connectivity index (χ3n) is 6.30. The van der Waals surface area contributed by atoms with Gasteiger partial charge in [0.1, 0.15) is 30.5 Å². The molecule has 0 aromatic heterocycles. The number of carbonyl (C=O) groups excluding carboxylic acids is 1. The van der Waals surface area contributed by atoms with E-state index in [0.29, 0.717) is 12.8 Å². The van der Waals surface area contributed by atoms with Crippen molar-refractivity contribution in [2.24, 2.45) is 0 Å². The molecule has 1 aliphatic carbocycles. The smallest absolute Gasteiger partial charge is 0.308 e. The molecule has 8 heteroatoms. The summed E-state index contributed by atoms with van der Waals surface area (Å²) in [5.41, 5.74) is 0.